The molecule has 2 fully saturated rings. The summed E-state index contributed by atoms with van der Waals surface area (Å²) in [5, 5.41) is 3.54. The number of carbonyl (C=O) groups is 1. The lowest BCUT2D eigenvalue weighted by molar-refractivity contribution is -0.132. The highest BCUT2D eigenvalue weighted by atomic mass is 32.2. The topological polar surface area (TPSA) is 32.3 Å². The van der Waals surface area contributed by atoms with E-state index in [1.165, 1.54) is 11.3 Å². The second kappa shape index (κ2) is 7.05. The minimum Gasteiger partial charge on any atom is -0.342 e. The summed E-state index contributed by atoms with van der Waals surface area (Å²) in [7, 11) is 0. The van der Waals surface area contributed by atoms with Crippen LogP contribution in [0.25, 0.3) is 0 Å². The third kappa shape index (κ3) is 3.49. The lowest BCUT2D eigenvalue weighted by Gasteiger charge is -2.40. The second-order valence-corrected chi connectivity index (χ2v) is 7.86. The Morgan fingerprint density at radius 3 is 2.59 bits per heavy atom. The zero-order valence-corrected chi connectivity index (χ0v) is 14.2. The van der Waals surface area contributed by atoms with Gasteiger partial charge in [0.1, 0.15) is 0 Å². The Balaban J connectivity index is 1.58. The van der Waals surface area contributed by atoms with Gasteiger partial charge in [-0.15, -0.1) is 11.8 Å². The maximum Gasteiger partial charge on any atom is 0.236 e. The average molecular weight is 318 g/mol. The van der Waals surface area contributed by atoms with Crippen LogP contribution in [0.5, 0.6) is 0 Å². The molecule has 1 aromatic rings. The maximum absolute atomic E-state index is 12.8. The molecule has 3 nitrogen and oxygen atoms in total. The minimum atomic E-state index is 0.0538. The van der Waals surface area contributed by atoms with Gasteiger partial charge in [-0.2, -0.15) is 0 Å². The summed E-state index contributed by atoms with van der Waals surface area (Å²) >= 11 is 1.71. The molecule has 0 aromatic heterocycles. The van der Waals surface area contributed by atoms with Gasteiger partial charge in [0, 0.05) is 24.5 Å². The normalized spacial score (nSPS) is 22.0. The molecule has 1 N–H and O–H groups in total. The number of amides is 1. The molecule has 2 saturated heterocycles. The number of hydrogen-bond donors (Lipinski definition) is 1. The molecule has 0 aliphatic carbocycles. The lowest BCUT2D eigenvalue weighted by atomic mass is 9.78. The molecule has 1 aromatic carbocycles. The predicted octanol–water partition coefficient (Wildman–Crippen LogP) is 3.16. The average Bonchev–Trinajstić information content (AvgIpc) is 3.02. The Labute approximate surface area is 137 Å². The first-order valence-electron chi connectivity index (χ1n) is 8.44. The molecule has 2 aliphatic rings. The van der Waals surface area contributed by atoms with E-state index in [1.807, 2.05) is 18.2 Å². The zero-order chi connectivity index (χ0) is 15.4. The molecule has 4 heteroatoms. The van der Waals surface area contributed by atoms with Gasteiger partial charge in [0.15, 0.2) is 0 Å². The van der Waals surface area contributed by atoms with E-state index in [-0.39, 0.29) is 5.25 Å². The standard InChI is InChI=1S/C18H26N2OS/c1-2-16(22-15-6-4-3-5-7-15)17(21)20-12-9-18(10-13-20)8-11-19-14-18/h3-7,16,19H,2,8-14H2,1H3. The van der Waals surface area contributed by atoms with Gasteiger partial charge in [-0.05, 0) is 49.8 Å². The summed E-state index contributed by atoms with van der Waals surface area (Å²) in [4.78, 5) is 16.1. The van der Waals surface area contributed by atoms with Crippen molar-refractivity contribution in [1.29, 1.82) is 0 Å². The minimum absolute atomic E-state index is 0.0538. The van der Waals surface area contributed by atoms with Crippen molar-refractivity contribution in [3.05, 3.63) is 30.3 Å². The number of likely N-dealkylation sites (tertiary alicyclic amines) is 1. The number of nitrogens with zero attached hydrogens (tertiary/aromatic N) is 1. The first kappa shape index (κ1) is 15.9. The highest BCUT2D eigenvalue weighted by Gasteiger charge is 2.39. The van der Waals surface area contributed by atoms with E-state index in [2.05, 4.69) is 29.3 Å². The molecular weight excluding hydrogens is 292 g/mol. The number of thioether (sulfide) groups is 1. The summed E-state index contributed by atoms with van der Waals surface area (Å²) in [6, 6.07) is 10.3. The fraction of sp³-hybridized carbons (Fsp3) is 0.611. The molecule has 22 heavy (non-hydrogen) atoms. The Bertz CT molecular complexity index is 489. The highest BCUT2D eigenvalue weighted by molar-refractivity contribution is 8.00. The van der Waals surface area contributed by atoms with Crippen molar-refractivity contribution in [3.63, 3.8) is 0 Å². The van der Waals surface area contributed by atoms with Crippen molar-refractivity contribution in [2.45, 2.75) is 42.8 Å². The summed E-state index contributed by atoms with van der Waals surface area (Å²) in [6.07, 6.45) is 4.50. The van der Waals surface area contributed by atoms with Crippen LogP contribution < -0.4 is 5.32 Å². The molecule has 2 heterocycles. The quantitative estimate of drug-likeness (QED) is 0.866. The molecule has 120 valence electrons. The number of benzene rings is 1. The first-order chi connectivity index (χ1) is 10.7. The lowest BCUT2D eigenvalue weighted by Crippen LogP contribution is -2.46. The van der Waals surface area contributed by atoms with Crippen molar-refractivity contribution in [1.82, 2.24) is 10.2 Å². The maximum atomic E-state index is 12.8. The van der Waals surface area contributed by atoms with Crippen molar-refractivity contribution in [2.24, 2.45) is 5.41 Å². The van der Waals surface area contributed by atoms with Crippen molar-refractivity contribution < 1.29 is 4.79 Å². The van der Waals surface area contributed by atoms with Crippen molar-refractivity contribution in [2.75, 3.05) is 26.2 Å². The van der Waals surface area contributed by atoms with Gasteiger partial charge in [-0.3, -0.25) is 4.79 Å². The van der Waals surface area contributed by atoms with Crippen LogP contribution in [0.1, 0.15) is 32.6 Å². The Hall–Kier alpha value is -1.00. The van der Waals surface area contributed by atoms with Gasteiger partial charge < -0.3 is 10.2 Å². The predicted molar refractivity (Wildman–Crippen MR) is 92.1 cm³/mol. The van der Waals surface area contributed by atoms with E-state index in [9.17, 15) is 4.79 Å². The Kier molecular flexibility index (Phi) is 5.09. The number of rotatable bonds is 4. The fourth-order valence-electron chi connectivity index (χ4n) is 3.60. The monoisotopic (exact) mass is 318 g/mol. The van der Waals surface area contributed by atoms with E-state index in [4.69, 9.17) is 0 Å². The number of carbonyl (C=O) groups excluding carboxylic acids is 1. The molecule has 0 bridgehead atoms. The van der Waals surface area contributed by atoms with Gasteiger partial charge in [0.25, 0.3) is 0 Å². The van der Waals surface area contributed by atoms with Gasteiger partial charge in [0.05, 0.1) is 5.25 Å². The largest absolute Gasteiger partial charge is 0.342 e. The molecule has 1 amide bonds. The van der Waals surface area contributed by atoms with Crippen LogP contribution in [0, 0.1) is 5.41 Å². The van der Waals surface area contributed by atoms with Gasteiger partial charge in [-0.25, -0.2) is 0 Å². The highest BCUT2D eigenvalue weighted by Crippen LogP contribution is 2.37. The molecule has 2 aliphatic heterocycles. The van der Waals surface area contributed by atoms with E-state index in [0.717, 1.165) is 45.4 Å². The molecule has 0 radical (unpaired) electrons. The van der Waals surface area contributed by atoms with Crippen LogP contribution >= 0.6 is 11.8 Å². The van der Waals surface area contributed by atoms with Crippen molar-refractivity contribution >= 4 is 17.7 Å². The number of hydrogen-bond acceptors (Lipinski definition) is 3. The number of nitrogens with one attached hydrogen (secondary N) is 1. The van der Waals surface area contributed by atoms with E-state index in [0.29, 0.717) is 11.3 Å². The zero-order valence-electron chi connectivity index (χ0n) is 13.4. The van der Waals surface area contributed by atoms with E-state index < -0.39 is 0 Å². The molecule has 1 unspecified atom stereocenters. The number of piperidine rings is 1. The fourth-order valence-corrected chi connectivity index (χ4v) is 4.66. The van der Waals surface area contributed by atoms with Crippen LogP contribution in [-0.4, -0.2) is 42.2 Å². The van der Waals surface area contributed by atoms with E-state index in [1.54, 1.807) is 11.8 Å². The third-order valence-electron chi connectivity index (χ3n) is 5.14. The van der Waals surface area contributed by atoms with Crippen LogP contribution in [0.4, 0.5) is 0 Å². The van der Waals surface area contributed by atoms with Crippen molar-refractivity contribution in [3.8, 4) is 0 Å². The van der Waals surface area contributed by atoms with Crippen LogP contribution in [0.15, 0.2) is 35.2 Å². The van der Waals surface area contributed by atoms with Crippen LogP contribution in [0.3, 0.4) is 0 Å². The van der Waals surface area contributed by atoms with Gasteiger partial charge >= 0.3 is 0 Å². The SMILES string of the molecule is CCC(Sc1ccccc1)C(=O)N1CCC2(CCNC2)CC1. The summed E-state index contributed by atoms with van der Waals surface area (Å²) in [5.74, 6) is 0.331. The second-order valence-electron chi connectivity index (χ2n) is 6.58. The summed E-state index contributed by atoms with van der Waals surface area (Å²) in [5.41, 5.74) is 0.477. The Morgan fingerprint density at radius 1 is 1.27 bits per heavy atom. The molecule has 3 rings (SSSR count). The molecule has 1 atom stereocenters. The van der Waals surface area contributed by atoms with Gasteiger partial charge in [-0.1, -0.05) is 25.1 Å². The smallest absolute Gasteiger partial charge is 0.236 e. The van der Waals surface area contributed by atoms with Crippen LogP contribution in [-0.2, 0) is 4.79 Å². The van der Waals surface area contributed by atoms with E-state index >= 15 is 0 Å². The third-order valence-corrected chi connectivity index (χ3v) is 6.50. The first-order valence-corrected chi connectivity index (χ1v) is 9.32. The molecule has 1 spiro atoms. The Morgan fingerprint density at radius 2 is 2.00 bits per heavy atom. The molecule has 0 saturated carbocycles. The summed E-state index contributed by atoms with van der Waals surface area (Å²) in [6.45, 7) is 6.28. The summed E-state index contributed by atoms with van der Waals surface area (Å²) < 4.78 is 0. The van der Waals surface area contributed by atoms with Crippen LogP contribution in [0.2, 0.25) is 0 Å². The van der Waals surface area contributed by atoms with Gasteiger partial charge in [0.2, 0.25) is 5.91 Å². The molecular formula is C18H26N2OS.